The molecule has 1 saturated heterocycles. The predicted molar refractivity (Wildman–Crippen MR) is 91.3 cm³/mol. The van der Waals surface area contributed by atoms with Crippen LogP contribution in [0, 0.1) is 11.8 Å². The van der Waals surface area contributed by atoms with Crippen LogP contribution in [0.5, 0.6) is 5.75 Å². The summed E-state index contributed by atoms with van der Waals surface area (Å²) in [5.41, 5.74) is 0.985. The number of halogens is 1. The van der Waals surface area contributed by atoms with Crippen LogP contribution in [0.1, 0.15) is 44.1 Å². The molecule has 2 atom stereocenters. The third kappa shape index (κ3) is 3.75. The number of Topliss-reactive ketones (excluding diaryl/α,β-unsaturated/α-hetero) is 1. The lowest BCUT2D eigenvalue weighted by Gasteiger charge is -2.30. The standard InChI is InChI=1S/C19H23ClO4/c1-23-17-9-7-12(10-15(17)20)6-8-14-16(21)11-18(24-19(14)22)13-4-2-3-5-13/h7,9-10,13-14,18H,2-6,8,11H2,1H3. The average molecular weight is 351 g/mol. The minimum atomic E-state index is -0.636. The maximum absolute atomic E-state index is 12.4. The number of hydrogen-bond donors (Lipinski definition) is 0. The van der Waals surface area contributed by atoms with Crippen molar-refractivity contribution in [1.29, 1.82) is 0 Å². The van der Waals surface area contributed by atoms with Crippen molar-refractivity contribution in [3.05, 3.63) is 28.8 Å². The van der Waals surface area contributed by atoms with Crippen LogP contribution in [-0.4, -0.2) is 25.0 Å². The van der Waals surface area contributed by atoms with E-state index in [0.717, 1.165) is 18.4 Å². The molecule has 1 heterocycles. The van der Waals surface area contributed by atoms with E-state index in [2.05, 4.69) is 0 Å². The first-order valence-electron chi connectivity index (χ1n) is 8.64. The molecule has 1 aliphatic heterocycles. The smallest absolute Gasteiger partial charge is 0.316 e. The molecule has 2 fully saturated rings. The molecule has 24 heavy (non-hydrogen) atoms. The number of methoxy groups -OCH3 is 1. The number of benzene rings is 1. The van der Waals surface area contributed by atoms with Crippen LogP contribution >= 0.6 is 11.6 Å². The molecule has 1 saturated carbocycles. The van der Waals surface area contributed by atoms with E-state index in [0.29, 0.717) is 36.0 Å². The molecule has 3 rings (SSSR count). The summed E-state index contributed by atoms with van der Waals surface area (Å²) in [5, 5.41) is 0.536. The normalized spacial score (nSPS) is 24.9. The highest BCUT2D eigenvalue weighted by atomic mass is 35.5. The lowest BCUT2D eigenvalue weighted by molar-refractivity contribution is -0.168. The zero-order chi connectivity index (χ0) is 17.1. The largest absolute Gasteiger partial charge is 0.495 e. The van der Waals surface area contributed by atoms with Gasteiger partial charge < -0.3 is 9.47 Å². The molecule has 2 aliphatic rings. The molecule has 0 spiro atoms. The quantitative estimate of drug-likeness (QED) is 0.595. The van der Waals surface area contributed by atoms with E-state index in [-0.39, 0.29) is 17.9 Å². The number of ether oxygens (including phenoxy) is 2. The highest BCUT2D eigenvalue weighted by Gasteiger charge is 2.40. The number of esters is 1. The summed E-state index contributed by atoms with van der Waals surface area (Å²) in [6, 6.07) is 5.53. The summed E-state index contributed by atoms with van der Waals surface area (Å²) in [7, 11) is 1.57. The zero-order valence-electron chi connectivity index (χ0n) is 13.9. The van der Waals surface area contributed by atoms with E-state index in [1.54, 1.807) is 13.2 Å². The number of aryl methyl sites for hydroxylation is 1. The Morgan fingerprint density at radius 1 is 1.25 bits per heavy atom. The molecule has 5 heteroatoms. The minimum absolute atomic E-state index is 0.0303. The van der Waals surface area contributed by atoms with Gasteiger partial charge in [0.2, 0.25) is 0 Å². The Kier molecular flexibility index (Phi) is 5.44. The molecule has 1 aromatic carbocycles. The van der Waals surface area contributed by atoms with E-state index in [1.165, 1.54) is 12.8 Å². The number of carbonyl (C=O) groups is 2. The van der Waals surface area contributed by atoms with Crippen molar-refractivity contribution in [3.63, 3.8) is 0 Å². The summed E-state index contributed by atoms with van der Waals surface area (Å²) in [6.45, 7) is 0. The van der Waals surface area contributed by atoms with Gasteiger partial charge in [0.15, 0.2) is 5.78 Å². The van der Waals surface area contributed by atoms with Gasteiger partial charge in [-0.2, -0.15) is 0 Å². The van der Waals surface area contributed by atoms with Crippen molar-refractivity contribution in [3.8, 4) is 5.75 Å². The molecule has 1 aliphatic carbocycles. The average Bonchev–Trinajstić information content (AvgIpc) is 3.08. The van der Waals surface area contributed by atoms with Crippen molar-refractivity contribution < 1.29 is 19.1 Å². The molecule has 130 valence electrons. The molecule has 1 aromatic rings. The maximum atomic E-state index is 12.4. The molecule has 0 amide bonds. The van der Waals surface area contributed by atoms with E-state index in [1.807, 2.05) is 12.1 Å². The molecule has 0 radical (unpaired) electrons. The fraction of sp³-hybridized carbons (Fsp3) is 0.579. The van der Waals surface area contributed by atoms with Crippen LogP contribution in [0.3, 0.4) is 0 Å². The van der Waals surface area contributed by atoms with Gasteiger partial charge in [-0.1, -0.05) is 30.5 Å². The van der Waals surface area contributed by atoms with Crippen LogP contribution in [0.25, 0.3) is 0 Å². The lowest BCUT2D eigenvalue weighted by atomic mass is 9.86. The van der Waals surface area contributed by atoms with Gasteiger partial charge in [0.05, 0.1) is 12.1 Å². The molecular weight excluding hydrogens is 328 g/mol. The topological polar surface area (TPSA) is 52.6 Å². The van der Waals surface area contributed by atoms with Gasteiger partial charge in [-0.15, -0.1) is 0 Å². The first kappa shape index (κ1) is 17.3. The SMILES string of the molecule is COc1ccc(CCC2C(=O)CC(C3CCCC3)OC2=O)cc1Cl. The van der Waals surface area contributed by atoms with Gasteiger partial charge in [0, 0.05) is 6.42 Å². The van der Waals surface area contributed by atoms with Crippen LogP contribution in [-0.2, 0) is 20.7 Å². The number of ketones is 1. The summed E-state index contributed by atoms with van der Waals surface area (Å²) in [5.74, 6) is 0.0428. The number of hydrogen-bond acceptors (Lipinski definition) is 4. The van der Waals surface area contributed by atoms with E-state index in [4.69, 9.17) is 21.1 Å². The Hall–Kier alpha value is -1.55. The van der Waals surface area contributed by atoms with Crippen molar-refractivity contribution in [2.75, 3.05) is 7.11 Å². The molecule has 2 unspecified atom stereocenters. The number of cyclic esters (lactones) is 1. The maximum Gasteiger partial charge on any atom is 0.316 e. The van der Waals surface area contributed by atoms with Crippen LogP contribution < -0.4 is 4.74 Å². The van der Waals surface area contributed by atoms with Gasteiger partial charge >= 0.3 is 5.97 Å². The second-order valence-corrected chi connectivity index (χ2v) is 7.16. The molecule has 4 nitrogen and oxygen atoms in total. The Labute approximate surface area is 147 Å². The first-order valence-corrected chi connectivity index (χ1v) is 9.02. The Morgan fingerprint density at radius 2 is 2.00 bits per heavy atom. The van der Waals surface area contributed by atoms with Crippen LogP contribution in [0.2, 0.25) is 5.02 Å². The predicted octanol–water partition coefficient (Wildman–Crippen LogP) is 3.97. The van der Waals surface area contributed by atoms with Crippen molar-refractivity contribution in [2.24, 2.45) is 11.8 Å². The van der Waals surface area contributed by atoms with Gasteiger partial charge in [0.25, 0.3) is 0 Å². The summed E-state index contributed by atoms with van der Waals surface area (Å²) in [4.78, 5) is 24.7. The van der Waals surface area contributed by atoms with Crippen molar-refractivity contribution in [1.82, 2.24) is 0 Å². The van der Waals surface area contributed by atoms with Crippen LogP contribution in [0.15, 0.2) is 18.2 Å². The van der Waals surface area contributed by atoms with E-state index >= 15 is 0 Å². The first-order chi connectivity index (χ1) is 11.6. The third-order valence-corrected chi connectivity index (χ3v) is 5.50. The van der Waals surface area contributed by atoms with Crippen molar-refractivity contribution in [2.45, 2.75) is 51.0 Å². The number of rotatable bonds is 5. The second-order valence-electron chi connectivity index (χ2n) is 6.75. The Morgan fingerprint density at radius 3 is 2.62 bits per heavy atom. The lowest BCUT2D eigenvalue weighted by Crippen LogP contribution is -2.41. The summed E-state index contributed by atoms with van der Waals surface area (Å²) in [6.07, 6.45) is 5.76. The number of carbonyl (C=O) groups excluding carboxylic acids is 2. The highest BCUT2D eigenvalue weighted by Crippen LogP contribution is 2.35. The molecule has 0 bridgehead atoms. The zero-order valence-corrected chi connectivity index (χ0v) is 14.7. The fourth-order valence-corrected chi connectivity index (χ4v) is 4.07. The Balaban J connectivity index is 1.58. The van der Waals surface area contributed by atoms with Gasteiger partial charge in [-0.05, 0) is 49.3 Å². The van der Waals surface area contributed by atoms with Gasteiger partial charge in [-0.3, -0.25) is 9.59 Å². The van der Waals surface area contributed by atoms with Crippen LogP contribution in [0.4, 0.5) is 0 Å². The third-order valence-electron chi connectivity index (χ3n) is 5.21. The molecular formula is C19H23ClO4. The van der Waals surface area contributed by atoms with E-state index in [9.17, 15) is 9.59 Å². The van der Waals surface area contributed by atoms with Gasteiger partial charge in [0.1, 0.15) is 17.8 Å². The fourth-order valence-electron chi connectivity index (χ4n) is 3.79. The minimum Gasteiger partial charge on any atom is -0.495 e. The monoisotopic (exact) mass is 350 g/mol. The summed E-state index contributed by atoms with van der Waals surface area (Å²) < 4.78 is 10.7. The molecule has 0 aromatic heterocycles. The highest BCUT2D eigenvalue weighted by molar-refractivity contribution is 6.32. The summed E-state index contributed by atoms with van der Waals surface area (Å²) >= 11 is 6.12. The Bertz CT molecular complexity index is 604. The molecule has 0 N–H and O–H groups in total. The second kappa shape index (κ2) is 7.56. The van der Waals surface area contributed by atoms with E-state index < -0.39 is 5.92 Å². The van der Waals surface area contributed by atoms with Crippen molar-refractivity contribution >= 4 is 23.4 Å². The van der Waals surface area contributed by atoms with Gasteiger partial charge in [-0.25, -0.2) is 0 Å².